The average molecular weight is 680 g/mol. The first-order valence-electron chi connectivity index (χ1n) is 18.0. The molecule has 53 heavy (non-hydrogen) atoms. The van der Waals surface area contributed by atoms with Crippen LogP contribution in [-0.2, 0) is 0 Å². The van der Waals surface area contributed by atoms with Gasteiger partial charge in [-0.3, -0.25) is 0 Å². The van der Waals surface area contributed by atoms with Gasteiger partial charge >= 0.3 is 0 Å². The molecule has 0 amide bonds. The molecule has 7 aromatic carbocycles. The van der Waals surface area contributed by atoms with Crippen molar-refractivity contribution in [3.05, 3.63) is 170 Å². The molecule has 0 bridgehead atoms. The molecular formula is C47H34BN5. The average Bonchev–Trinajstić information content (AvgIpc) is 3.24. The van der Waals surface area contributed by atoms with Gasteiger partial charge in [0.05, 0.1) is 0 Å². The molecule has 0 unspecified atom stereocenters. The highest BCUT2D eigenvalue weighted by Gasteiger charge is 2.40. The zero-order chi connectivity index (χ0) is 35.5. The number of aromatic nitrogens is 3. The fourth-order valence-corrected chi connectivity index (χ4v) is 8.11. The van der Waals surface area contributed by atoms with Crippen LogP contribution in [0.2, 0.25) is 0 Å². The fraction of sp³-hybridized carbons (Fsp3) is 0.0426. The van der Waals surface area contributed by atoms with Crippen molar-refractivity contribution in [2.24, 2.45) is 0 Å². The molecular weight excluding hydrogens is 645 g/mol. The van der Waals surface area contributed by atoms with Gasteiger partial charge < -0.3 is 9.80 Å². The molecule has 2 aliphatic heterocycles. The number of nitrogens with zero attached hydrogens (tertiary/aromatic N) is 5. The van der Waals surface area contributed by atoms with Crippen LogP contribution in [-0.4, -0.2) is 35.8 Å². The second-order valence-corrected chi connectivity index (χ2v) is 13.8. The Morgan fingerprint density at radius 3 is 1.23 bits per heavy atom. The molecule has 3 heterocycles. The summed E-state index contributed by atoms with van der Waals surface area (Å²) in [6, 6.07) is 60.1. The van der Waals surface area contributed by atoms with E-state index in [4.69, 9.17) is 15.0 Å². The van der Waals surface area contributed by atoms with E-state index in [2.05, 4.69) is 133 Å². The van der Waals surface area contributed by atoms with E-state index >= 15 is 0 Å². The second kappa shape index (κ2) is 12.5. The van der Waals surface area contributed by atoms with Crippen LogP contribution in [0.25, 0.3) is 56.4 Å². The van der Waals surface area contributed by atoms with E-state index in [-0.39, 0.29) is 6.71 Å². The van der Waals surface area contributed by atoms with E-state index in [1.807, 2.05) is 60.7 Å². The molecule has 2 aliphatic rings. The van der Waals surface area contributed by atoms with Crippen molar-refractivity contribution in [1.82, 2.24) is 15.0 Å². The number of rotatable bonds is 5. The van der Waals surface area contributed by atoms with Crippen LogP contribution in [0.15, 0.2) is 170 Å². The van der Waals surface area contributed by atoms with Crippen LogP contribution in [0.1, 0.15) is 0 Å². The lowest BCUT2D eigenvalue weighted by Crippen LogP contribution is -2.61. The largest absolute Gasteiger partial charge is 0.345 e. The van der Waals surface area contributed by atoms with Gasteiger partial charge in [-0.25, -0.2) is 15.0 Å². The van der Waals surface area contributed by atoms with Gasteiger partial charge in [-0.05, 0) is 75.0 Å². The third kappa shape index (κ3) is 5.22. The standard InChI is InChI=1S/C47H34BN5/c1-52-40-25-11-9-23-38(40)48-39-24-10-12-26-41(39)53(2)43-30-37(29-42(52)44(43)48)35-21-13-19-33(27-35)34-20-14-22-36(28-34)47-50-45(31-15-5-3-6-16-31)49-46(51-47)32-17-7-4-8-18-32/h3-30H,1-2H3. The molecule has 6 heteroatoms. The first-order valence-corrected chi connectivity index (χ1v) is 18.0. The zero-order valence-electron chi connectivity index (χ0n) is 29.5. The normalized spacial score (nSPS) is 12.6. The smallest absolute Gasteiger partial charge is 0.252 e. The monoisotopic (exact) mass is 679 g/mol. The van der Waals surface area contributed by atoms with E-state index in [9.17, 15) is 0 Å². The molecule has 0 saturated carbocycles. The summed E-state index contributed by atoms with van der Waals surface area (Å²) in [5.41, 5.74) is 16.5. The SMILES string of the molecule is CN1c2ccccc2B2c3ccccc3N(C)c3cc(-c4cccc(-c5cccc(-c6nc(-c7ccccc7)nc(-c7ccccc7)n6)c5)c4)cc1c32. The van der Waals surface area contributed by atoms with E-state index in [0.29, 0.717) is 17.5 Å². The minimum Gasteiger partial charge on any atom is -0.345 e. The van der Waals surface area contributed by atoms with Crippen molar-refractivity contribution in [3.8, 4) is 56.4 Å². The van der Waals surface area contributed by atoms with E-state index in [1.54, 1.807) is 0 Å². The molecule has 0 N–H and O–H groups in total. The lowest BCUT2D eigenvalue weighted by atomic mass is 9.33. The van der Waals surface area contributed by atoms with Crippen LogP contribution in [0.3, 0.4) is 0 Å². The van der Waals surface area contributed by atoms with Gasteiger partial charge in [-0.1, -0.05) is 133 Å². The van der Waals surface area contributed by atoms with Crippen molar-refractivity contribution in [2.45, 2.75) is 0 Å². The highest BCUT2D eigenvalue weighted by atomic mass is 15.1. The molecule has 8 aromatic rings. The minimum absolute atomic E-state index is 0.183. The molecule has 5 nitrogen and oxygen atoms in total. The lowest BCUT2D eigenvalue weighted by molar-refractivity contribution is 1.07. The van der Waals surface area contributed by atoms with Crippen LogP contribution in [0, 0.1) is 0 Å². The van der Waals surface area contributed by atoms with Crippen LogP contribution < -0.4 is 26.2 Å². The molecule has 0 spiro atoms. The summed E-state index contributed by atoms with van der Waals surface area (Å²) >= 11 is 0. The van der Waals surface area contributed by atoms with Crippen LogP contribution >= 0.6 is 0 Å². The highest BCUT2D eigenvalue weighted by Crippen LogP contribution is 2.40. The van der Waals surface area contributed by atoms with Crippen LogP contribution in [0.5, 0.6) is 0 Å². The molecule has 0 saturated heterocycles. The van der Waals surface area contributed by atoms with Crippen molar-refractivity contribution in [1.29, 1.82) is 0 Å². The Bertz CT molecular complexity index is 2540. The molecule has 0 fully saturated rings. The maximum Gasteiger partial charge on any atom is 0.252 e. The molecule has 10 rings (SSSR count). The van der Waals surface area contributed by atoms with E-state index < -0.39 is 0 Å². The van der Waals surface area contributed by atoms with Gasteiger partial charge in [0, 0.05) is 53.5 Å². The number of hydrogen-bond acceptors (Lipinski definition) is 5. The summed E-state index contributed by atoms with van der Waals surface area (Å²) in [6.45, 7) is 0.183. The number of benzene rings is 7. The second-order valence-electron chi connectivity index (χ2n) is 13.8. The first kappa shape index (κ1) is 31.0. The van der Waals surface area contributed by atoms with Gasteiger partial charge in [-0.15, -0.1) is 0 Å². The predicted molar refractivity (Wildman–Crippen MR) is 221 cm³/mol. The third-order valence-corrected chi connectivity index (χ3v) is 10.7. The number of hydrogen-bond donors (Lipinski definition) is 0. The lowest BCUT2D eigenvalue weighted by Gasteiger charge is -2.42. The summed E-state index contributed by atoms with van der Waals surface area (Å²) in [4.78, 5) is 19.6. The zero-order valence-corrected chi connectivity index (χ0v) is 29.5. The van der Waals surface area contributed by atoms with Gasteiger partial charge in [0.2, 0.25) is 0 Å². The molecule has 0 atom stereocenters. The number of anilines is 4. The summed E-state index contributed by atoms with van der Waals surface area (Å²) in [5.74, 6) is 1.95. The Hall–Kier alpha value is -6.79. The molecule has 250 valence electrons. The first-order chi connectivity index (χ1) is 26.1. The van der Waals surface area contributed by atoms with E-state index in [1.165, 1.54) is 50.3 Å². The summed E-state index contributed by atoms with van der Waals surface area (Å²) in [6.07, 6.45) is 0. The summed E-state index contributed by atoms with van der Waals surface area (Å²) in [7, 11) is 4.40. The maximum absolute atomic E-state index is 4.99. The minimum atomic E-state index is 0.183. The Kier molecular flexibility index (Phi) is 7.29. The van der Waals surface area contributed by atoms with Gasteiger partial charge in [0.15, 0.2) is 17.5 Å². The van der Waals surface area contributed by atoms with Crippen molar-refractivity contribution in [3.63, 3.8) is 0 Å². The van der Waals surface area contributed by atoms with Crippen molar-refractivity contribution < 1.29 is 0 Å². The molecule has 1 aromatic heterocycles. The predicted octanol–water partition coefficient (Wildman–Crippen LogP) is 8.89. The van der Waals surface area contributed by atoms with Crippen molar-refractivity contribution >= 4 is 45.9 Å². The van der Waals surface area contributed by atoms with Crippen LogP contribution in [0.4, 0.5) is 22.7 Å². The van der Waals surface area contributed by atoms with Gasteiger partial charge in [0.1, 0.15) is 0 Å². The molecule has 0 radical (unpaired) electrons. The fourth-order valence-electron chi connectivity index (χ4n) is 8.11. The summed E-state index contributed by atoms with van der Waals surface area (Å²) in [5, 5.41) is 0. The van der Waals surface area contributed by atoms with Crippen molar-refractivity contribution in [2.75, 3.05) is 23.9 Å². The Morgan fingerprint density at radius 2 is 0.717 bits per heavy atom. The Labute approximate surface area is 310 Å². The van der Waals surface area contributed by atoms with E-state index in [0.717, 1.165) is 27.8 Å². The third-order valence-electron chi connectivity index (χ3n) is 10.7. The highest BCUT2D eigenvalue weighted by molar-refractivity contribution is 7.00. The maximum atomic E-state index is 4.99. The number of fused-ring (bicyclic) bond motifs is 4. The molecule has 0 aliphatic carbocycles. The summed E-state index contributed by atoms with van der Waals surface area (Å²) < 4.78 is 0. The Morgan fingerprint density at radius 1 is 0.340 bits per heavy atom. The number of para-hydroxylation sites is 2. The quantitative estimate of drug-likeness (QED) is 0.170. The van der Waals surface area contributed by atoms with Gasteiger partial charge in [0.25, 0.3) is 6.71 Å². The topological polar surface area (TPSA) is 45.2 Å². The Balaban J connectivity index is 1.07. The van der Waals surface area contributed by atoms with Gasteiger partial charge in [-0.2, -0.15) is 0 Å².